The Balaban J connectivity index is 1.31. The minimum atomic E-state index is -3.89. The van der Waals surface area contributed by atoms with Crippen molar-refractivity contribution in [2.24, 2.45) is 0 Å². The van der Waals surface area contributed by atoms with Crippen molar-refractivity contribution in [2.45, 2.75) is 11.8 Å². The Labute approximate surface area is 188 Å². The third-order valence-electron chi connectivity index (χ3n) is 4.39. The first-order valence-electron chi connectivity index (χ1n) is 9.71. The van der Waals surface area contributed by atoms with Crippen molar-refractivity contribution < 1.29 is 12.8 Å². The zero-order valence-corrected chi connectivity index (χ0v) is 18.1. The van der Waals surface area contributed by atoms with Crippen LogP contribution < -0.4 is 15.4 Å². The normalized spacial score (nSPS) is 11.3. The monoisotopic (exact) mass is 470 g/mol. The molecule has 170 valence electrons. The summed E-state index contributed by atoms with van der Waals surface area (Å²) in [5, 5.41) is 27.1. The Morgan fingerprint density at radius 1 is 0.970 bits per heavy atom. The molecule has 4 aromatic rings. The molecule has 4 rings (SSSR count). The molecule has 0 spiro atoms. The van der Waals surface area contributed by atoms with Gasteiger partial charge in [-0.15, -0.1) is 20.4 Å². The van der Waals surface area contributed by atoms with E-state index in [2.05, 4.69) is 51.2 Å². The van der Waals surface area contributed by atoms with Crippen LogP contribution in [-0.4, -0.2) is 57.3 Å². The highest BCUT2D eigenvalue weighted by molar-refractivity contribution is 7.89. The second kappa shape index (κ2) is 9.62. The van der Waals surface area contributed by atoms with Crippen LogP contribution in [0.15, 0.2) is 53.6 Å². The number of halogens is 1. The van der Waals surface area contributed by atoms with Crippen molar-refractivity contribution in [3.63, 3.8) is 0 Å². The molecule has 33 heavy (non-hydrogen) atoms. The van der Waals surface area contributed by atoms with Gasteiger partial charge in [-0.2, -0.15) is 5.21 Å². The smallest absolute Gasteiger partial charge is 0.240 e. The highest BCUT2D eigenvalue weighted by Crippen LogP contribution is 2.22. The van der Waals surface area contributed by atoms with Crippen molar-refractivity contribution >= 4 is 27.5 Å². The van der Waals surface area contributed by atoms with Crippen molar-refractivity contribution in [1.82, 2.24) is 40.5 Å². The van der Waals surface area contributed by atoms with Crippen molar-refractivity contribution in [1.29, 1.82) is 0 Å². The van der Waals surface area contributed by atoms with Gasteiger partial charge in [0.2, 0.25) is 15.8 Å². The highest BCUT2D eigenvalue weighted by atomic mass is 32.2. The molecule has 0 atom stereocenters. The van der Waals surface area contributed by atoms with Crippen LogP contribution in [0.25, 0.3) is 11.4 Å². The van der Waals surface area contributed by atoms with Crippen LogP contribution in [0, 0.1) is 12.7 Å². The number of pyridine rings is 1. The van der Waals surface area contributed by atoms with Crippen LogP contribution in [0.3, 0.4) is 0 Å². The number of aryl methyl sites for hydroxylation is 1. The molecule has 0 fully saturated rings. The van der Waals surface area contributed by atoms with Gasteiger partial charge in [-0.1, -0.05) is 0 Å². The molecule has 14 heteroatoms. The van der Waals surface area contributed by atoms with Gasteiger partial charge in [0.05, 0.1) is 10.5 Å². The first-order valence-corrected chi connectivity index (χ1v) is 11.2. The van der Waals surface area contributed by atoms with Crippen LogP contribution in [0.5, 0.6) is 0 Å². The molecule has 0 saturated heterocycles. The van der Waals surface area contributed by atoms with Crippen LogP contribution in [0.4, 0.5) is 21.8 Å². The fraction of sp³-hybridized carbons (Fsp3) is 0.158. The molecule has 4 N–H and O–H groups in total. The van der Waals surface area contributed by atoms with Crippen LogP contribution in [0.1, 0.15) is 5.56 Å². The number of benzene rings is 1. The summed E-state index contributed by atoms with van der Waals surface area (Å²) in [5.41, 5.74) is 0.988. The molecule has 12 nitrogen and oxygen atoms in total. The lowest BCUT2D eigenvalue weighted by atomic mass is 10.2. The number of H-pyrrole nitrogens is 1. The standard InChI is InChI=1S/C19H19FN10O2S/c1-12-6-7-21-18(10-12)24-17-5-4-16(25-26-17)22-8-9-23-33(31,32)13-2-3-15(20)14(11-13)19-27-29-30-28-19/h2-7,10-11,23H,8-9H2,1H3,(H,22,25)(H,21,24,26)(H,27,28,29,30). The third kappa shape index (κ3) is 5.61. The molecule has 0 aliphatic heterocycles. The Morgan fingerprint density at radius 2 is 1.79 bits per heavy atom. The summed E-state index contributed by atoms with van der Waals surface area (Å²) in [6.45, 7) is 2.27. The van der Waals surface area contributed by atoms with Gasteiger partial charge in [0.1, 0.15) is 17.5 Å². The number of rotatable bonds is 9. The average Bonchev–Trinajstić information content (AvgIpc) is 3.33. The maximum Gasteiger partial charge on any atom is 0.240 e. The second-order valence-corrected chi connectivity index (χ2v) is 8.62. The van der Waals surface area contributed by atoms with Crippen molar-refractivity contribution in [2.75, 3.05) is 23.7 Å². The summed E-state index contributed by atoms with van der Waals surface area (Å²) in [6, 6.07) is 10.5. The van der Waals surface area contributed by atoms with E-state index in [4.69, 9.17) is 0 Å². The molecule has 0 amide bonds. The number of hydrogen-bond donors (Lipinski definition) is 4. The quantitative estimate of drug-likeness (QED) is 0.264. The Morgan fingerprint density at radius 3 is 2.52 bits per heavy atom. The summed E-state index contributed by atoms with van der Waals surface area (Å²) in [5.74, 6) is 0.946. The summed E-state index contributed by atoms with van der Waals surface area (Å²) in [4.78, 5) is 4.08. The molecule has 0 bridgehead atoms. The first-order chi connectivity index (χ1) is 15.9. The topological polar surface area (TPSA) is 163 Å². The molecule has 0 radical (unpaired) electrons. The van der Waals surface area contributed by atoms with Crippen molar-refractivity contribution in [3.8, 4) is 11.4 Å². The molecule has 0 aliphatic rings. The lowest BCUT2D eigenvalue weighted by Gasteiger charge is -2.10. The predicted octanol–water partition coefficient (Wildman–Crippen LogP) is 1.63. The van der Waals surface area contributed by atoms with E-state index in [1.807, 2.05) is 19.1 Å². The van der Waals surface area contributed by atoms with E-state index in [-0.39, 0.29) is 29.4 Å². The number of tetrazole rings is 1. The van der Waals surface area contributed by atoms with Gasteiger partial charge in [0.15, 0.2) is 5.82 Å². The molecule has 0 aliphatic carbocycles. The van der Waals surface area contributed by atoms with Gasteiger partial charge < -0.3 is 10.6 Å². The summed E-state index contributed by atoms with van der Waals surface area (Å²) in [7, 11) is -3.89. The van der Waals surface area contributed by atoms with E-state index in [1.54, 1.807) is 18.3 Å². The van der Waals surface area contributed by atoms with E-state index < -0.39 is 15.8 Å². The van der Waals surface area contributed by atoms with Gasteiger partial charge in [0.25, 0.3) is 0 Å². The predicted molar refractivity (Wildman–Crippen MR) is 118 cm³/mol. The van der Waals surface area contributed by atoms with Gasteiger partial charge in [-0.3, -0.25) is 0 Å². The maximum absolute atomic E-state index is 14.0. The van der Waals surface area contributed by atoms with Gasteiger partial charge in [-0.25, -0.2) is 22.5 Å². The minimum Gasteiger partial charge on any atom is -0.367 e. The number of aromatic amines is 1. The number of nitrogens with zero attached hydrogens (tertiary/aromatic N) is 6. The molecule has 3 heterocycles. The number of aromatic nitrogens is 7. The zero-order chi connectivity index (χ0) is 23.3. The van der Waals surface area contributed by atoms with E-state index in [0.717, 1.165) is 23.8 Å². The molecular formula is C19H19FN10O2S. The minimum absolute atomic E-state index is 0.0408. The fourth-order valence-corrected chi connectivity index (χ4v) is 3.86. The summed E-state index contributed by atoms with van der Waals surface area (Å²) < 4.78 is 41.6. The van der Waals surface area contributed by atoms with Gasteiger partial charge >= 0.3 is 0 Å². The number of nitrogens with one attached hydrogen (secondary N) is 4. The highest BCUT2D eigenvalue weighted by Gasteiger charge is 2.18. The van der Waals surface area contributed by atoms with E-state index >= 15 is 0 Å². The maximum atomic E-state index is 14.0. The Hall–Kier alpha value is -4.04. The number of sulfonamides is 1. The third-order valence-corrected chi connectivity index (χ3v) is 5.85. The number of hydrogen-bond acceptors (Lipinski definition) is 10. The average molecular weight is 470 g/mol. The van der Waals surface area contributed by atoms with E-state index in [9.17, 15) is 12.8 Å². The zero-order valence-electron chi connectivity index (χ0n) is 17.3. The lowest BCUT2D eigenvalue weighted by molar-refractivity contribution is 0.582. The van der Waals surface area contributed by atoms with Crippen LogP contribution in [0.2, 0.25) is 0 Å². The number of anilines is 3. The molecule has 0 saturated carbocycles. The van der Waals surface area contributed by atoms with E-state index in [0.29, 0.717) is 17.5 Å². The summed E-state index contributed by atoms with van der Waals surface area (Å²) in [6.07, 6.45) is 1.69. The first kappa shape index (κ1) is 22.2. The van der Waals surface area contributed by atoms with Gasteiger partial charge in [0, 0.05) is 19.3 Å². The van der Waals surface area contributed by atoms with Gasteiger partial charge in [-0.05, 0) is 60.2 Å². The SMILES string of the molecule is Cc1ccnc(Nc2ccc(NCCNS(=O)(=O)c3ccc(F)c(-c4nn[nH]n4)c3)nn2)c1. The Bertz CT molecular complexity index is 1330. The van der Waals surface area contributed by atoms with Crippen LogP contribution >= 0.6 is 0 Å². The summed E-state index contributed by atoms with van der Waals surface area (Å²) >= 11 is 0. The van der Waals surface area contributed by atoms with Crippen molar-refractivity contribution in [3.05, 3.63) is 60.0 Å². The molecule has 0 unspecified atom stereocenters. The largest absolute Gasteiger partial charge is 0.367 e. The Kier molecular flexibility index (Phi) is 6.46. The molecule has 3 aromatic heterocycles. The second-order valence-electron chi connectivity index (χ2n) is 6.85. The van der Waals surface area contributed by atoms with E-state index in [1.165, 1.54) is 0 Å². The molecule has 1 aromatic carbocycles. The van der Waals surface area contributed by atoms with Crippen LogP contribution in [-0.2, 0) is 10.0 Å². The molecular weight excluding hydrogens is 451 g/mol. The lowest BCUT2D eigenvalue weighted by Crippen LogP contribution is -2.29. The fourth-order valence-electron chi connectivity index (χ4n) is 2.81.